The highest BCUT2D eigenvalue weighted by Crippen LogP contribution is 2.17. The molecule has 5 heteroatoms. The number of nitrogens with one attached hydrogen (secondary N) is 1. The van der Waals surface area contributed by atoms with E-state index in [2.05, 4.69) is 10.4 Å². The molecule has 0 radical (unpaired) electrons. The Morgan fingerprint density at radius 1 is 1.65 bits per heavy atom. The van der Waals surface area contributed by atoms with Crippen molar-refractivity contribution in [1.82, 2.24) is 15.1 Å². The minimum atomic E-state index is -0.726. The van der Waals surface area contributed by atoms with Gasteiger partial charge < -0.3 is 10.4 Å². The monoisotopic (exact) mass is 237 g/mol. The van der Waals surface area contributed by atoms with E-state index in [1.165, 1.54) is 5.56 Å². The first-order valence-electron chi connectivity index (χ1n) is 6.11. The molecule has 2 unspecified atom stereocenters. The van der Waals surface area contributed by atoms with E-state index >= 15 is 0 Å². The van der Waals surface area contributed by atoms with Crippen LogP contribution in [0.3, 0.4) is 0 Å². The van der Waals surface area contributed by atoms with Crippen molar-refractivity contribution < 1.29 is 9.90 Å². The molecule has 2 heterocycles. The van der Waals surface area contributed by atoms with Crippen LogP contribution in [-0.2, 0) is 18.3 Å². The van der Waals surface area contributed by atoms with Crippen LogP contribution in [0.2, 0.25) is 0 Å². The third-order valence-corrected chi connectivity index (χ3v) is 3.32. The topological polar surface area (TPSA) is 67.2 Å². The Kier molecular flexibility index (Phi) is 3.78. The quantitative estimate of drug-likeness (QED) is 0.818. The zero-order valence-corrected chi connectivity index (χ0v) is 10.1. The Balaban J connectivity index is 1.81. The standard InChI is InChI=1S/C12H19N3O2/c1-15-8-9(7-13-15)5-6-10-3-2-4-11(14-10)12(16)17/h7-8,10-11,14H,2-6H2,1H3,(H,16,17). The van der Waals surface area contributed by atoms with Gasteiger partial charge in [-0.3, -0.25) is 9.48 Å². The highest BCUT2D eigenvalue weighted by atomic mass is 16.4. The molecule has 0 aliphatic carbocycles. The molecule has 1 saturated heterocycles. The predicted molar refractivity (Wildman–Crippen MR) is 63.7 cm³/mol. The summed E-state index contributed by atoms with van der Waals surface area (Å²) in [6.45, 7) is 0. The Hall–Kier alpha value is -1.36. The van der Waals surface area contributed by atoms with Crippen LogP contribution in [0.25, 0.3) is 0 Å². The van der Waals surface area contributed by atoms with Crippen LogP contribution in [0.4, 0.5) is 0 Å². The summed E-state index contributed by atoms with van der Waals surface area (Å²) in [5.41, 5.74) is 1.21. The first kappa shape index (κ1) is 12.1. The molecule has 2 atom stereocenters. The van der Waals surface area contributed by atoms with Gasteiger partial charge in [0.05, 0.1) is 6.20 Å². The van der Waals surface area contributed by atoms with Crippen molar-refractivity contribution in [2.24, 2.45) is 7.05 Å². The van der Waals surface area contributed by atoms with Gasteiger partial charge in [0.25, 0.3) is 0 Å². The summed E-state index contributed by atoms with van der Waals surface area (Å²) in [4.78, 5) is 10.9. The van der Waals surface area contributed by atoms with Crippen LogP contribution < -0.4 is 5.32 Å². The van der Waals surface area contributed by atoms with Crippen LogP contribution in [-0.4, -0.2) is 32.9 Å². The summed E-state index contributed by atoms with van der Waals surface area (Å²) in [6, 6.07) is -0.0345. The van der Waals surface area contributed by atoms with Crippen LogP contribution in [0.1, 0.15) is 31.2 Å². The molecule has 94 valence electrons. The molecule has 1 aromatic heterocycles. The van der Waals surface area contributed by atoms with E-state index in [1.807, 2.05) is 19.4 Å². The van der Waals surface area contributed by atoms with Gasteiger partial charge in [-0.25, -0.2) is 0 Å². The lowest BCUT2D eigenvalue weighted by molar-refractivity contribution is -0.140. The van der Waals surface area contributed by atoms with Crippen molar-refractivity contribution in [1.29, 1.82) is 0 Å². The van der Waals surface area contributed by atoms with Crippen molar-refractivity contribution >= 4 is 5.97 Å². The van der Waals surface area contributed by atoms with E-state index in [-0.39, 0.29) is 6.04 Å². The minimum absolute atomic E-state index is 0.324. The molecule has 0 amide bonds. The third-order valence-electron chi connectivity index (χ3n) is 3.32. The molecule has 2 N–H and O–H groups in total. The molecule has 2 rings (SSSR count). The summed E-state index contributed by atoms with van der Waals surface area (Å²) in [5.74, 6) is -0.726. The highest BCUT2D eigenvalue weighted by molar-refractivity contribution is 5.73. The summed E-state index contributed by atoms with van der Waals surface area (Å²) < 4.78 is 1.80. The molecule has 0 saturated carbocycles. The number of aliphatic carboxylic acids is 1. The molecule has 0 bridgehead atoms. The minimum Gasteiger partial charge on any atom is -0.480 e. The van der Waals surface area contributed by atoms with Crippen molar-refractivity contribution in [2.75, 3.05) is 0 Å². The second kappa shape index (κ2) is 5.31. The number of aryl methyl sites for hydroxylation is 2. The van der Waals surface area contributed by atoms with Gasteiger partial charge in [-0.15, -0.1) is 0 Å². The number of hydrogen-bond acceptors (Lipinski definition) is 3. The predicted octanol–water partition coefficient (Wildman–Crippen LogP) is 0.948. The van der Waals surface area contributed by atoms with Gasteiger partial charge in [-0.1, -0.05) is 0 Å². The fourth-order valence-electron chi connectivity index (χ4n) is 2.38. The maximum atomic E-state index is 10.9. The molecule has 1 aromatic rings. The van der Waals surface area contributed by atoms with Gasteiger partial charge in [-0.05, 0) is 37.7 Å². The summed E-state index contributed by atoms with van der Waals surface area (Å²) in [5, 5.41) is 16.3. The number of piperidine rings is 1. The molecule has 1 aliphatic heterocycles. The largest absolute Gasteiger partial charge is 0.480 e. The molecule has 1 fully saturated rings. The van der Waals surface area contributed by atoms with Gasteiger partial charge in [0.2, 0.25) is 0 Å². The first-order chi connectivity index (χ1) is 8.15. The van der Waals surface area contributed by atoms with Crippen molar-refractivity contribution in [3.63, 3.8) is 0 Å². The van der Waals surface area contributed by atoms with Gasteiger partial charge in [-0.2, -0.15) is 5.10 Å². The summed E-state index contributed by atoms with van der Waals surface area (Å²) >= 11 is 0. The zero-order chi connectivity index (χ0) is 12.3. The van der Waals surface area contributed by atoms with Crippen LogP contribution >= 0.6 is 0 Å². The van der Waals surface area contributed by atoms with E-state index in [0.717, 1.165) is 32.1 Å². The lowest BCUT2D eigenvalue weighted by Gasteiger charge is -2.28. The average Bonchev–Trinajstić information content (AvgIpc) is 2.73. The van der Waals surface area contributed by atoms with E-state index < -0.39 is 5.97 Å². The zero-order valence-electron chi connectivity index (χ0n) is 10.1. The second-order valence-electron chi connectivity index (χ2n) is 4.75. The van der Waals surface area contributed by atoms with Gasteiger partial charge in [0.15, 0.2) is 0 Å². The Labute approximate surface area is 101 Å². The molecule has 17 heavy (non-hydrogen) atoms. The van der Waals surface area contributed by atoms with E-state index in [1.54, 1.807) is 4.68 Å². The average molecular weight is 237 g/mol. The number of carboxylic acids is 1. The van der Waals surface area contributed by atoms with Crippen LogP contribution in [0, 0.1) is 0 Å². The maximum Gasteiger partial charge on any atom is 0.320 e. The van der Waals surface area contributed by atoms with Crippen LogP contribution in [0.5, 0.6) is 0 Å². The molecule has 0 aromatic carbocycles. The fraction of sp³-hybridized carbons (Fsp3) is 0.667. The number of rotatable bonds is 4. The number of carbonyl (C=O) groups is 1. The number of hydrogen-bond donors (Lipinski definition) is 2. The SMILES string of the molecule is Cn1cc(CCC2CCCC(C(=O)O)N2)cn1. The maximum absolute atomic E-state index is 10.9. The van der Waals surface area contributed by atoms with Crippen LogP contribution in [0.15, 0.2) is 12.4 Å². The molecular weight excluding hydrogens is 218 g/mol. The fourth-order valence-corrected chi connectivity index (χ4v) is 2.38. The molecular formula is C12H19N3O2. The molecule has 1 aliphatic rings. The lowest BCUT2D eigenvalue weighted by atomic mass is 9.95. The van der Waals surface area contributed by atoms with Gasteiger partial charge in [0, 0.05) is 19.3 Å². The third kappa shape index (κ3) is 3.30. The molecule has 5 nitrogen and oxygen atoms in total. The lowest BCUT2D eigenvalue weighted by Crippen LogP contribution is -2.46. The Bertz CT molecular complexity index is 389. The number of nitrogens with zero attached hydrogens (tertiary/aromatic N) is 2. The Morgan fingerprint density at radius 3 is 3.12 bits per heavy atom. The normalized spacial score (nSPS) is 24.8. The first-order valence-corrected chi connectivity index (χ1v) is 6.11. The van der Waals surface area contributed by atoms with Crippen molar-refractivity contribution in [3.05, 3.63) is 18.0 Å². The number of carboxylic acid groups (broad SMARTS) is 1. The smallest absolute Gasteiger partial charge is 0.320 e. The van der Waals surface area contributed by atoms with Crippen molar-refractivity contribution in [2.45, 2.75) is 44.2 Å². The highest BCUT2D eigenvalue weighted by Gasteiger charge is 2.25. The summed E-state index contributed by atoms with van der Waals surface area (Å²) in [6.07, 6.45) is 8.65. The summed E-state index contributed by atoms with van der Waals surface area (Å²) in [7, 11) is 1.91. The van der Waals surface area contributed by atoms with E-state index in [4.69, 9.17) is 5.11 Å². The molecule has 0 spiro atoms. The second-order valence-corrected chi connectivity index (χ2v) is 4.75. The van der Waals surface area contributed by atoms with Gasteiger partial charge in [0.1, 0.15) is 6.04 Å². The van der Waals surface area contributed by atoms with E-state index in [0.29, 0.717) is 6.04 Å². The van der Waals surface area contributed by atoms with Crippen molar-refractivity contribution in [3.8, 4) is 0 Å². The number of aromatic nitrogens is 2. The van der Waals surface area contributed by atoms with Gasteiger partial charge >= 0.3 is 5.97 Å². The van der Waals surface area contributed by atoms with E-state index in [9.17, 15) is 4.79 Å². The Morgan fingerprint density at radius 2 is 2.47 bits per heavy atom.